The first-order chi connectivity index (χ1) is 11.1. The van der Waals surface area contributed by atoms with E-state index in [1.807, 2.05) is 20.8 Å². The smallest absolute Gasteiger partial charge is 0.248 e. The number of nitrogens with zero attached hydrogens (tertiary/aromatic N) is 4. The molecule has 1 saturated heterocycles. The van der Waals surface area contributed by atoms with Crippen molar-refractivity contribution in [2.24, 2.45) is 4.99 Å². The number of aromatic nitrogens is 2. The second-order valence-electron chi connectivity index (χ2n) is 5.53. The zero-order valence-electron chi connectivity index (χ0n) is 14.2. The van der Waals surface area contributed by atoms with Crippen LogP contribution >= 0.6 is 0 Å². The standard InChI is InChI=1S/C15H27N5O3/c1-4-16-15(20-8-6-12(21)7-9-20)17-10-13-18-14(19-23-13)11(3)22-5-2/h11-12,21H,4-10H2,1-3H3,(H,16,17). The minimum absolute atomic E-state index is 0.182. The van der Waals surface area contributed by atoms with Crippen LogP contribution < -0.4 is 5.32 Å². The van der Waals surface area contributed by atoms with E-state index in [1.54, 1.807) is 0 Å². The summed E-state index contributed by atoms with van der Waals surface area (Å²) in [6.45, 7) is 9.16. The molecule has 0 radical (unpaired) electrons. The highest BCUT2D eigenvalue weighted by Gasteiger charge is 2.20. The van der Waals surface area contributed by atoms with Crippen molar-refractivity contribution < 1.29 is 14.4 Å². The highest BCUT2D eigenvalue weighted by Crippen LogP contribution is 2.14. The third kappa shape index (κ3) is 5.18. The number of ether oxygens (including phenoxy) is 1. The molecule has 130 valence electrons. The molecule has 1 atom stereocenters. The SMILES string of the molecule is CCNC(=NCc1nc(C(C)OCC)no1)N1CCC(O)CC1. The van der Waals surface area contributed by atoms with Crippen LogP contribution in [-0.2, 0) is 11.3 Å². The van der Waals surface area contributed by atoms with Crippen LogP contribution in [-0.4, -0.2) is 58.5 Å². The van der Waals surface area contributed by atoms with Crippen molar-refractivity contribution in [3.63, 3.8) is 0 Å². The maximum Gasteiger partial charge on any atom is 0.248 e. The van der Waals surface area contributed by atoms with Crippen LogP contribution in [0.25, 0.3) is 0 Å². The van der Waals surface area contributed by atoms with E-state index in [2.05, 4.69) is 25.3 Å². The summed E-state index contributed by atoms with van der Waals surface area (Å²) in [6.07, 6.45) is 1.15. The number of nitrogens with one attached hydrogen (secondary N) is 1. The van der Waals surface area contributed by atoms with Gasteiger partial charge in [-0.3, -0.25) is 0 Å². The van der Waals surface area contributed by atoms with Gasteiger partial charge in [0.2, 0.25) is 5.89 Å². The summed E-state index contributed by atoms with van der Waals surface area (Å²) in [5.41, 5.74) is 0. The van der Waals surface area contributed by atoms with Crippen molar-refractivity contribution in [3.8, 4) is 0 Å². The van der Waals surface area contributed by atoms with Gasteiger partial charge >= 0.3 is 0 Å². The fraction of sp³-hybridized carbons (Fsp3) is 0.800. The van der Waals surface area contributed by atoms with Gasteiger partial charge in [-0.25, -0.2) is 4.99 Å². The summed E-state index contributed by atoms with van der Waals surface area (Å²) in [7, 11) is 0. The molecule has 0 aromatic carbocycles. The highest BCUT2D eigenvalue weighted by molar-refractivity contribution is 5.80. The molecule has 0 spiro atoms. The van der Waals surface area contributed by atoms with E-state index < -0.39 is 0 Å². The first-order valence-corrected chi connectivity index (χ1v) is 8.29. The molecule has 1 fully saturated rings. The van der Waals surface area contributed by atoms with Crippen molar-refractivity contribution in [2.45, 2.75) is 52.4 Å². The first kappa shape index (κ1) is 17.7. The Labute approximate surface area is 136 Å². The molecule has 0 bridgehead atoms. The number of aliphatic hydroxyl groups is 1. The maximum atomic E-state index is 9.61. The molecular weight excluding hydrogens is 298 g/mol. The molecule has 8 heteroatoms. The van der Waals surface area contributed by atoms with Gasteiger partial charge in [0.15, 0.2) is 11.8 Å². The number of hydrogen-bond acceptors (Lipinski definition) is 6. The number of aliphatic hydroxyl groups excluding tert-OH is 1. The van der Waals surface area contributed by atoms with E-state index in [0.717, 1.165) is 38.4 Å². The predicted octanol–water partition coefficient (Wildman–Crippen LogP) is 1.09. The topological polar surface area (TPSA) is 96.0 Å². The van der Waals surface area contributed by atoms with Crippen LogP contribution in [0.1, 0.15) is 51.4 Å². The Morgan fingerprint density at radius 1 is 1.48 bits per heavy atom. The molecule has 8 nitrogen and oxygen atoms in total. The van der Waals surface area contributed by atoms with Gasteiger partial charge in [-0.1, -0.05) is 5.16 Å². The van der Waals surface area contributed by atoms with Crippen molar-refractivity contribution in [2.75, 3.05) is 26.2 Å². The molecular formula is C15H27N5O3. The fourth-order valence-corrected chi connectivity index (χ4v) is 2.47. The molecule has 2 rings (SSSR count). The fourth-order valence-electron chi connectivity index (χ4n) is 2.47. The molecule has 1 unspecified atom stereocenters. The van der Waals surface area contributed by atoms with Gasteiger partial charge in [0, 0.05) is 26.2 Å². The Morgan fingerprint density at radius 2 is 2.22 bits per heavy atom. The van der Waals surface area contributed by atoms with E-state index in [4.69, 9.17) is 9.26 Å². The molecule has 0 saturated carbocycles. The molecule has 1 aromatic rings. The second kappa shape index (κ2) is 8.83. The monoisotopic (exact) mass is 325 g/mol. The van der Waals surface area contributed by atoms with Gasteiger partial charge < -0.3 is 24.6 Å². The van der Waals surface area contributed by atoms with Crippen molar-refractivity contribution in [1.29, 1.82) is 0 Å². The third-order valence-corrected chi connectivity index (χ3v) is 3.73. The highest BCUT2D eigenvalue weighted by atomic mass is 16.5. The van der Waals surface area contributed by atoms with E-state index in [9.17, 15) is 5.11 Å². The number of piperidine rings is 1. The van der Waals surface area contributed by atoms with Gasteiger partial charge in [-0.15, -0.1) is 0 Å². The molecule has 1 aromatic heterocycles. The van der Waals surface area contributed by atoms with Gasteiger partial charge in [-0.2, -0.15) is 4.98 Å². The van der Waals surface area contributed by atoms with Gasteiger partial charge in [0.1, 0.15) is 12.6 Å². The molecule has 1 aliphatic heterocycles. The van der Waals surface area contributed by atoms with Gasteiger partial charge in [0.25, 0.3) is 0 Å². The lowest BCUT2D eigenvalue weighted by molar-refractivity contribution is 0.0683. The average molecular weight is 325 g/mol. The van der Waals surface area contributed by atoms with Crippen molar-refractivity contribution in [1.82, 2.24) is 20.4 Å². The summed E-state index contributed by atoms with van der Waals surface area (Å²) in [4.78, 5) is 11.0. The normalized spacial score (nSPS) is 18.3. The third-order valence-electron chi connectivity index (χ3n) is 3.73. The second-order valence-corrected chi connectivity index (χ2v) is 5.53. The summed E-state index contributed by atoms with van der Waals surface area (Å²) < 4.78 is 10.7. The quantitative estimate of drug-likeness (QED) is 0.597. The Kier molecular flexibility index (Phi) is 6.79. The van der Waals surface area contributed by atoms with Crippen LogP contribution in [0.2, 0.25) is 0 Å². The zero-order chi connectivity index (χ0) is 16.7. The van der Waals surface area contributed by atoms with E-state index in [0.29, 0.717) is 24.9 Å². The molecule has 2 N–H and O–H groups in total. The first-order valence-electron chi connectivity index (χ1n) is 8.29. The number of likely N-dealkylation sites (tertiary alicyclic amines) is 1. The summed E-state index contributed by atoms with van der Waals surface area (Å²) in [5.74, 6) is 1.83. The number of hydrogen-bond donors (Lipinski definition) is 2. The van der Waals surface area contributed by atoms with Crippen LogP contribution in [0.4, 0.5) is 0 Å². The number of rotatable bonds is 6. The summed E-state index contributed by atoms with van der Waals surface area (Å²) >= 11 is 0. The molecule has 23 heavy (non-hydrogen) atoms. The van der Waals surface area contributed by atoms with E-state index >= 15 is 0 Å². The van der Waals surface area contributed by atoms with Crippen LogP contribution in [0, 0.1) is 0 Å². The molecule has 0 amide bonds. The molecule has 2 heterocycles. The maximum absolute atomic E-state index is 9.61. The van der Waals surface area contributed by atoms with Gasteiger partial charge in [-0.05, 0) is 33.6 Å². The van der Waals surface area contributed by atoms with Crippen LogP contribution in [0.5, 0.6) is 0 Å². The minimum atomic E-state index is -0.201. The lowest BCUT2D eigenvalue weighted by atomic mass is 10.1. The minimum Gasteiger partial charge on any atom is -0.393 e. The van der Waals surface area contributed by atoms with E-state index in [-0.39, 0.29) is 12.2 Å². The van der Waals surface area contributed by atoms with Crippen molar-refractivity contribution >= 4 is 5.96 Å². The largest absolute Gasteiger partial charge is 0.393 e. The predicted molar refractivity (Wildman–Crippen MR) is 86.0 cm³/mol. The van der Waals surface area contributed by atoms with E-state index in [1.165, 1.54) is 0 Å². The molecule has 1 aliphatic rings. The zero-order valence-corrected chi connectivity index (χ0v) is 14.2. The summed E-state index contributed by atoms with van der Waals surface area (Å²) in [6, 6.07) is 0. The van der Waals surface area contributed by atoms with Crippen LogP contribution in [0.15, 0.2) is 9.52 Å². The van der Waals surface area contributed by atoms with Crippen molar-refractivity contribution in [3.05, 3.63) is 11.7 Å². The summed E-state index contributed by atoms with van der Waals surface area (Å²) in [5, 5.41) is 16.8. The lowest BCUT2D eigenvalue weighted by Crippen LogP contribution is -2.46. The molecule has 0 aliphatic carbocycles. The Balaban J connectivity index is 1.97. The lowest BCUT2D eigenvalue weighted by Gasteiger charge is -2.32. The van der Waals surface area contributed by atoms with Crippen LogP contribution in [0.3, 0.4) is 0 Å². The number of guanidine groups is 1. The number of aliphatic imine (C=N–C) groups is 1. The van der Waals surface area contributed by atoms with Gasteiger partial charge in [0.05, 0.1) is 6.10 Å². The Hall–Kier alpha value is -1.67. The Morgan fingerprint density at radius 3 is 2.87 bits per heavy atom. The average Bonchev–Trinajstić information content (AvgIpc) is 3.02. The Bertz CT molecular complexity index is 497.